The van der Waals surface area contributed by atoms with Gasteiger partial charge in [0.25, 0.3) is 0 Å². The van der Waals surface area contributed by atoms with Crippen molar-refractivity contribution >= 4 is 12.6 Å². The molecule has 1 aromatic carbocycles. The van der Waals surface area contributed by atoms with Gasteiger partial charge in [-0.3, -0.25) is 4.68 Å². The standard InChI is InChI=1S/C20H25BF2N2O2/c1-18(2)19(3,4)27-21(26-18)16-12-24-25(13-16)17(14-8-6-5-7-9-14)15-10-20(22,23)11-15/h5-9,12-13,15,17H,10-11H2,1-4H3. The number of aromatic nitrogens is 2. The predicted molar refractivity (Wildman–Crippen MR) is 100 cm³/mol. The highest BCUT2D eigenvalue weighted by Crippen LogP contribution is 2.49. The van der Waals surface area contributed by atoms with Crippen molar-refractivity contribution in [2.24, 2.45) is 5.92 Å². The maximum atomic E-state index is 13.5. The topological polar surface area (TPSA) is 36.3 Å². The molecule has 27 heavy (non-hydrogen) atoms. The molecule has 1 aliphatic carbocycles. The van der Waals surface area contributed by atoms with E-state index in [-0.39, 0.29) is 24.8 Å². The molecule has 2 fully saturated rings. The van der Waals surface area contributed by atoms with Crippen molar-refractivity contribution < 1.29 is 18.1 Å². The Morgan fingerprint density at radius 3 is 2.22 bits per heavy atom. The Labute approximate surface area is 159 Å². The summed E-state index contributed by atoms with van der Waals surface area (Å²) in [6.07, 6.45) is 3.36. The molecule has 144 valence electrons. The Balaban J connectivity index is 1.62. The van der Waals surface area contributed by atoms with Gasteiger partial charge < -0.3 is 9.31 Å². The Bertz CT molecular complexity index is 798. The van der Waals surface area contributed by atoms with Crippen molar-refractivity contribution in [2.75, 3.05) is 0 Å². The second-order valence-corrected chi connectivity index (χ2v) is 8.72. The van der Waals surface area contributed by atoms with E-state index in [2.05, 4.69) is 5.10 Å². The Kier molecular flexibility index (Phi) is 4.24. The summed E-state index contributed by atoms with van der Waals surface area (Å²) >= 11 is 0. The fourth-order valence-electron chi connectivity index (χ4n) is 3.83. The first-order chi connectivity index (χ1) is 12.6. The molecule has 0 amide bonds. The molecule has 1 saturated carbocycles. The summed E-state index contributed by atoms with van der Waals surface area (Å²) in [7, 11) is -0.511. The summed E-state index contributed by atoms with van der Waals surface area (Å²) in [5.74, 6) is -2.71. The van der Waals surface area contributed by atoms with Crippen LogP contribution >= 0.6 is 0 Å². The van der Waals surface area contributed by atoms with Crippen LogP contribution in [0.5, 0.6) is 0 Å². The third-order valence-electron chi connectivity index (χ3n) is 6.14. The van der Waals surface area contributed by atoms with Gasteiger partial charge in [-0.1, -0.05) is 30.3 Å². The van der Waals surface area contributed by atoms with Crippen LogP contribution < -0.4 is 5.46 Å². The first kappa shape index (κ1) is 18.6. The molecule has 0 radical (unpaired) electrons. The first-order valence-corrected chi connectivity index (χ1v) is 9.40. The number of benzene rings is 1. The number of halogens is 2. The molecule has 0 spiro atoms. The van der Waals surface area contributed by atoms with Crippen LogP contribution in [0.3, 0.4) is 0 Å². The molecule has 1 aliphatic heterocycles. The van der Waals surface area contributed by atoms with Gasteiger partial charge in [0, 0.05) is 30.7 Å². The lowest BCUT2D eigenvalue weighted by molar-refractivity contribution is -0.120. The molecule has 4 nitrogen and oxygen atoms in total. The molecule has 2 aliphatic rings. The van der Waals surface area contributed by atoms with Crippen LogP contribution in [0.25, 0.3) is 0 Å². The van der Waals surface area contributed by atoms with Gasteiger partial charge in [0.15, 0.2) is 0 Å². The van der Waals surface area contributed by atoms with E-state index in [9.17, 15) is 8.78 Å². The van der Waals surface area contributed by atoms with Gasteiger partial charge in [0.1, 0.15) is 0 Å². The highest BCUT2D eigenvalue weighted by molar-refractivity contribution is 6.62. The number of hydrogen-bond acceptors (Lipinski definition) is 3. The number of hydrogen-bond donors (Lipinski definition) is 0. The first-order valence-electron chi connectivity index (χ1n) is 9.40. The highest BCUT2D eigenvalue weighted by atomic mass is 19.3. The lowest BCUT2D eigenvalue weighted by atomic mass is 9.74. The molecule has 2 heterocycles. The van der Waals surface area contributed by atoms with Crippen molar-refractivity contribution in [1.82, 2.24) is 9.78 Å². The monoisotopic (exact) mass is 374 g/mol. The van der Waals surface area contributed by atoms with Crippen LogP contribution in [0.2, 0.25) is 0 Å². The molecule has 1 aromatic heterocycles. The van der Waals surface area contributed by atoms with Crippen molar-refractivity contribution in [3.05, 3.63) is 48.3 Å². The molecule has 1 unspecified atom stereocenters. The zero-order chi connectivity index (χ0) is 19.4. The summed E-state index contributed by atoms with van der Waals surface area (Å²) in [6, 6.07) is 9.50. The van der Waals surface area contributed by atoms with Gasteiger partial charge in [-0.15, -0.1) is 0 Å². The molecular weight excluding hydrogens is 349 g/mol. The van der Waals surface area contributed by atoms with Crippen molar-refractivity contribution in [3.8, 4) is 0 Å². The zero-order valence-electron chi connectivity index (χ0n) is 16.2. The smallest absolute Gasteiger partial charge is 0.399 e. The summed E-state index contributed by atoms with van der Waals surface area (Å²) in [5, 5.41) is 4.50. The van der Waals surface area contributed by atoms with Gasteiger partial charge in [-0.25, -0.2) is 8.78 Å². The van der Waals surface area contributed by atoms with E-state index in [4.69, 9.17) is 9.31 Å². The highest BCUT2D eigenvalue weighted by Gasteiger charge is 2.53. The summed E-state index contributed by atoms with van der Waals surface area (Å²) in [5.41, 5.74) is 0.922. The van der Waals surface area contributed by atoms with Crippen molar-refractivity contribution in [1.29, 1.82) is 0 Å². The lowest BCUT2D eigenvalue weighted by Gasteiger charge is -2.40. The fourth-order valence-corrected chi connectivity index (χ4v) is 3.83. The Morgan fingerprint density at radius 2 is 1.67 bits per heavy atom. The second-order valence-electron chi connectivity index (χ2n) is 8.72. The second kappa shape index (κ2) is 6.14. The number of alkyl halides is 2. The molecule has 1 saturated heterocycles. The summed E-state index contributed by atoms with van der Waals surface area (Å²) < 4.78 is 41.0. The van der Waals surface area contributed by atoms with Gasteiger partial charge >= 0.3 is 7.12 Å². The van der Waals surface area contributed by atoms with Crippen LogP contribution in [-0.4, -0.2) is 34.0 Å². The van der Waals surface area contributed by atoms with E-state index in [1.165, 1.54) is 0 Å². The maximum absolute atomic E-state index is 13.5. The minimum Gasteiger partial charge on any atom is -0.399 e. The van der Waals surface area contributed by atoms with Gasteiger partial charge in [0.05, 0.1) is 17.2 Å². The zero-order valence-corrected chi connectivity index (χ0v) is 16.2. The van der Waals surface area contributed by atoms with Crippen LogP contribution in [-0.2, 0) is 9.31 Å². The summed E-state index contributed by atoms with van der Waals surface area (Å²) in [4.78, 5) is 0. The SMILES string of the molecule is CC1(C)OB(c2cnn(C(c3ccccc3)C3CC(F)(F)C3)c2)OC1(C)C. The average Bonchev–Trinajstić information content (AvgIpc) is 3.10. The van der Waals surface area contributed by atoms with Crippen LogP contribution in [0.4, 0.5) is 8.78 Å². The largest absolute Gasteiger partial charge is 0.498 e. The van der Waals surface area contributed by atoms with Crippen LogP contribution in [0, 0.1) is 5.92 Å². The van der Waals surface area contributed by atoms with E-state index in [1.807, 2.05) is 64.2 Å². The fraction of sp³-hybridized carbons (Fsp3) is 0.550. The molecular formula is C20H25BF2N2O2. The van der Waals surface area contributed by atoms with E-state index in [0.29, 0.717) is 0 Å². The van der Waals surface area contributed by atoms with Gasteiger partial charge in [-0.2, -0.15) is 5.10 Å². The van der Waals surface area contributed by atoms with E-state index in [0.717, 1.165) is 11.0 Å². The quantitative estimate of drug-likeness (QED) is 0.764. The molecule has 7 heteroatoms. The summed E-state index contributed by atoms with van der Waals surface area (Å²) in [6.45, 7) is 8.00. The minimum atomic E-state index is -2.57. The third-order valence-corrected chi connectivity index (χ3v) is 6.14. The maximum Gasteiger partial charge on any atom is 0.498 e. The Morgan fingerprint density at radius 1 is 1.07 bits per heavy atom. The third kappa shape index (κ3) is 3.32. The molecule has 1 atom stereocenters. The van der Waals surface area contributed by atoms with Crippen molar-refractivity contribution in [3.63, 3.8) is 0 Å². The predicted octanol–water partition coefficient (Wildman–Crippen LogP) is 3.82. The minimum absolute atomic E-state index is 0.113. The average molecular weight is 374 g/mol. The molecule has 0 bridgehead atoms. The lowest BCUT2D eigenvalue weighted by Crippen LogP contribution is -2.41. The number of rotatable bonds is 4. The number of nitrogens with zero attached hydrogens (tertiary/aromatic N) is 2. The molecule has 0 N–H and O–H groups in total. The van der Waals surface area contributed by atoms with E-state index in [1.54, 1.807) is 10.9 Å². The van der Waals surface area contributed by atoms with E-state index >= 15 is 0 Å². The van der Waals surface area contributed by atoms with Gasteiger partial charge in [0.2, 0.25) is 5.92 Å². The van der Waals surface area contributed by atoms with Crippen LogP contribution in [0.15, 0.2) is 42.7 Å². The van der Waals surface area contributed by atoms with Crippen molar-refractivity contribution in [2.45, 2.75) is 63.7 Å². The Hall–Kier alpha value is -1.73. The van der Waals surface area contributed by atoms with E-state index < -0.39 is 24.2 Å². The molecule has 4 rings (SSSR count). The van der Waals surface area contributed by atoms with Crippen LogP contribution in [0.1, 0.15) is 52.1 Å². The molecule has 2 aromatic rings. The van der Waals surface area contributed by atoms with Gasteiger partial charge in [-0.05, 0) is 39.2 Å². The normalized spacial score (nSPS) is 24.6.